The number of benzene rings is 1. The lowest BCUT2D eigenvalue weighted by molar-refractivity contribution is 0.596. The minimum absolute atomic E-state index is 0.0323. The molecular weight excluding hydrogens is 263 g/mol. The molecule has 1 unspecified atom stereocenters. The van der Waals surface area contributed by atoms with Crippen LogP contribution in [-0.4, -0.2) is 29.9 Å². The van der Waals surface area contributed by atoms with E-state index in [-0.39, 0.29) is 17.3 Å². The number of sulfone groups is 1. The van der Waals surface area contributed by atoms with Gasteiger partial charge >= 0.3 is 0 Å². The van der Waals surface area contributed by atoms with Crippen molar-refractivity contribution < 1.29 is 17.0 Å². The van der Waals surface area contributed by atoms with Crippen molar-refractivity contribution in [3.8, 4) is 0 Å². The van der Waals surface area contributed by atoms with Gasteiger partial charge in [0.15, 0.2) is 0 Å². The topological polar surface area (TPSA) is 51.2 Å². The molecule has 0 N–H and O–H groups in total. The van der Waals surface area contributed by atoms with E-state index in [4.69, 9.17) is 0 Å². The maximum absolute atomic E-state index is 12.9. The number of rotatable bonds is 6. The first kappa shape index (κ1) is 14.3. The molecule has 0 bridgehead atoms. The van der Waals surface area contributed by atoms with Crippen LogP contribution in [0.5, 0.6) is 0 Å². The minimum Gasteiger partial charge on any atom is -0.254 e. The Kier molecular flexibility index (Phi) is 5.27. The molecule has 0 saturated heterocycles. The van der Waals surface area contributed by atoms with Crippen molar-refractivity contribution in [2.24, 2.45) is 0 Å². The van der Waals surface area contributed by atoms with Gasteiger partial charge in [-0.05, 0) is 24.6 Å². The Balaban J connectivity index is 2.51. The summed E-state index contributed by atoms with van der Waals surface area (Å²) in [5.41, 5.74) is 0. The highest BCUT2D eigenvalue weighted by molar-refractivity contribution is 7.91. The zero-order valence-electron chi connectivity index (χ0n) is 9.56. The second kappa shape index (κ2) is 6.26. The molecule has 0 aliphatic carbocycles. The van der Waals surface area contributed by atoms with E-state index in [9.17, 15) is 17.0 Å². The first-order valence-corrected chi connectivity index (χ1v) is 8.43. The van der Waals surface area contributed by atoms with Gasteiger partial charge in [-0.2, -0.15) is 0 Å². The van der Waals surface area contributed by atoms with Gasteiger partial charge in [-0.1, -0.05) is 13.0 Å². The van der Waals surface area contributed by atoms with E-state index < -0.39 is 26.5 Å². The third-order valence-electron chi connectivity index (χ3n) is 2.28. The highest BCUT2D eigenvalue weighted by atomic mass is 32.2. The Morgan fingerprint density at radius 2 is 2.06 bits per heavy atom. The standard InChI is InChI=1S/C11H15FO3S2/c1-2-17(14,15)8-4-7-16(13)11-6-3-5-10(12)9-11/h3,5-6,9H,2,4,7-8H2,1H3. The lowest BCUT2D eigenvalue weighted by atomic mass is 10.4. The maximum Gasteiger partial charge on any atom is 0.150 e. The van der Waals surface area contributed by atoms with E-state index in [0.717, 1.165) is 0 Å². The number of hydrogen-bond donors (Lipinski definition) is 0. The lowest BCUT2D eigenvalue weighted by Gasteiger charge is -2.03. The molecule has 17 heavy (non-hydrogen) atoms. The Morgan fingerprint density at radius 1 is 1.35 bits per heavy atom. The van der Waals surface area contributed by atoms with Gasteiger partial charge in [0, 0.05) is 16.4 Å². The van der Waals surface area contributed by atoms with Crippen molar-refractivity contribution in [2.75, 3.05) is 17.3 Å². The van der Waals surface area contributed by atoms with E-state index in [0.29, 0.717) is 11.3 Å². The summed E-state index contributed by atoms with van der Waals surface area (Å²) in [6.45, 7) is 1.58. The zero-order chi connectivity index (χ0) is 12.9. The van der Waals surface area contributed by atoms with E-state index in [2.05, 4.69) is 0 Å². The van der Waals surface area contributed by atoms with Crippen LogP contribution in [0.3, 0.4) is 0 Å². The van der Waals surface area contributed by atoms with Crippen molar-refractivity contribution in [3.63, 3.8) is 0 Å². The maximum atomic E-state index is 12.9. The normalized spacial score (nSPS) is 13.5. The van der Waals surface area contributed by atoms with E-state index >= 15 is 0 Å². The predicted molar refractivity (Wildman–Crippen MR) is 66.6 cm³/mol. The molecule has 0 heterocycles. The number of halogens is 1. The van der Waals surface area contributed by atoms with Crippen LogP contribution in [0.4, 0.5) is 4.39 Å². The summed E-state index contributed by atoms with van der Waals surface area (Å²) in [5.74, 6) is -0.0654. The van der Waals surface area contributed by atoms with Gasteiger partial charge in [0.05, 0.1) is 16.6 Å². The summed E-state index contributed by atoms with van der Waals surface area (Å²) < 4.78 is 47.0. The third kappa shape index (κ3) is 4.95. The lowest BCUT2D eigenvalue weighted by Crippen LogP contribution is -2.11. The molecule has 1 aromatic carbocycles. The summed E-state index contributed by atoms with van der Waals surface area (Å²) in [4.78, 5) is 0.402. The van der Waals surface area contributed by atoms with Gasteiger partial charge in [0.2, 0.25) is 0 Å². The van der Waals surface area contributed by atoms with Crippen molar-refractivity contribution in [1.82, 2.24) is 0 Å². The van der Waals surface area contributed by atoms with Gasteiger partial charge in [-0.3, -0.25) is 4.21 Å². The molecule has 1 aromatic rings. The smallest absolute Gasteiger partial charge is 0.150 e. The SMILES string of the molecule is CCS(=O)(=O)CCCS(=O)c1cccc(F)c1. The van der Waals surface area contributed by atoms with Crippen molar-refractivity contribution in [2.45, 2.75) is 18.2 Å². The van der Waals surface area contributed by atoms with Crippen molar-refractivity contribution in [3.05, 3.63) is 30.1 Å². The van der Waals surface area contributed by atoms with Gasteiger partial charge in [-0.25, -0.2) is 12.8 Å². The Hall–Kier alpha value is -0.750. The second-order valence-electron chi connectivity index (χ2n) is 3.60. The molecule has 6 heteroatoms. The van der Waals surface area contributed by atoms with E-state index in [1.807, 2.05) is 0 Å². The average Bonchev–Trinajstić information content (AvgIpc) is 2.28. The van der Waals surface area contributed by atoms with Crippen molar-refractivity contribution >= 4 is 20.6 Å². The summed E-state index contributed by atoms with van der Waals surface area (Å²) in [6, 6.07) is 5.56. The summed E-state index contributed by atoms with van der Waals surface area (Å²) in [7, 11) is -4.35. The molecular formula is C11H15FO3S2. The third-order valence-corrected chi connectivity index (χ3v) is 5.51. The fourth-order valence-electron chi connectivity index (χ4n) is 1.28. The summed E-state index contributed by atoms with van der Waals surface area (Å²) in [5, 5.41) is 0. The van der Waals surface area contributed by atoms with Crippen molar-refractivity contribution in [1.29, 1.82) is 0 Å². The van der Waals surface area contributed by atoms with E-state index in [1.54, 1.807) is 13.0 Å². The minimum atomic E-state index is -3.01. The van der Waals surface area contributed by atoms with Crippen LogP contribution in [-0.2, 0) is 20.6 Å². The van der Waals surface area contributed by atoms with Crippen LogP contribution in [0.2, 0.25) is 0 Å². The van der Waals surface area contributed by atoms with Crippen LogP contribution in [0.1, 0.15) is 13.3 Å². The van der Waals surface area contributed by atoms with Crippen LogP contribution < -0.4 is 0 Å². The Bertz CT molecular complexity index is 497. The molecule has 0 saturated carbocycles. The Labute approximate surface area is 103 Å². The molecule has 0 aliphatic rings. The largest absolute Gasteiger partial charge is 0.254 e. The molecule has 3 nitrogen and oxygen atoms in total. The predicted octanol–water partition coefficient (Wildman–Crippen LogP) is 1.76. The molecule has 0 amide bonds. The van der Waals surface area contributed by atoms with Gasteiger partial charge < -0.3 is 0 Å². The van der Waals surface area contributed by atoms with E-state index in [1.165, 1.54) is 18.2 Å². The van der Waals surface area contributed by atoms with Crippen LogP contribution >= 0.6 is 0 Å². The van der Waals surface area contributed by atoms with Crippen LogP contribution in [0.15, 0.2) is 29.2 Å². The van der Waals surface area contributed by atoms with Gasteiger partial charge in [-0.15, -0.1) is 0 Å². The molecule has 1 rings (SSSR count). The quantitative estimate of drug-likeness (QED) is 0.796. The fraction of sp³-hybridized carbons (Fsp3) is 0.455. The van der Waals surface area contributed by atoms with Crippen LogP contribution in [0.25, 0.3) is 0 Å². The highest BCUT2D eigenvalue weighted by Crippen LogP contribution is 2.10. The highest BCUT2D eigenvalue weighted by Gasteiger charge is 2.10. The summed E-state index contributed by atoms with van der Waals surface area (Å²) >= 11 is 0. The number of hydrogen-bond acceptors (Lipinski definition) is 3. The fourth-order valence-corrected chi connectivity index (χ4v) is 3.45. The first-order chi connectivity index (χ1) is 7.94. The molecule has 1 atom stereocenters. The molecule has 96 valence electrons. The molecule has 0 radical (unpaired) electrons. The summed E-state index contributed by atoms with van der Waals surface area (Å²) in [6.07, 6.45) is 0.333. The zero-order valence-corrected chi connectivity index (χ0v) is 11.2. The average molecular weight is 278 g/mol. The Morgan fingerprint density at radius 3 is 2.65 bits per heavy atom. The molecule has 0 fully saturated rings. The monoisotopic (exact) mass is 278 g/mol. The van der Waals surface area contributed by atoms with Gasteiger partial charge in [0.1, 0.15) is 15.7 Å². The molecule has 0 aromatic heterocycles. The molecule has 0 spiro atoms. The molecule has 0 aliphatic heterocycles. The van der Waals surface area contributed by atoms with Crippen LogP contribution in [0, 0.1) is 5.82 Å². The second-order valence-corrected chi connectivity index (χ2v) is 7.64. The first-order valence-electron chi connectivity index (χ1n) is 5.29. The van der Waals surface area contributed by atoms with Gasteiger partial charge in [0.25, 0.3) is 0 Å².